The minimum Gasteiger partial charge on any atom is -0.208 e. The molecule has 0 unspecified atom stereocenters. The van der Waals surface area contributed by atoms with E-state index >= 15 is 0 Å². The Morgan fingerprint density at radius 3 is 1.88 bits per heavy atom. The lowest BCUT2D eigenvalue weighted by Crippen LogP contribution is -2.01. The number of hydrogen-bond acceptors (Lipinski definition) is 4. The van der Waals surface area contributed by atoms with Crippen LogP contribution in [0.1, 0.15) is 0 Å². The molecule has 0 saturated carbocycles. The Morgan fingerprint density at radius 1 is 0.367 bits per heavy atom. The van der Waals surface area contributed by atoms with Crippen molar-refractivity contribution in [3.63, 3.8) is 0 Å². The first-order valence-electron chi connectivity index (χ1n) is 16.5. The van der Waals surface area contributed by atoms with Gasteiger partial charge in [-0.05, 0) is 67.2 Å². The molecule has 49 heavy (non-hydrogen) atoms. The minimum atomic E-state index is 0.664. The second-order valence-corrected chi connectivity index (χ2v) is 13.8. The maximum atomic E-state index is 5.33. The summed E-state index contributed by atoms with van der Waals surface area (Å²) >= 11 is 1.86. The highest BCUT2D eigenvalue weighted by Gasteiger charge is 2.28. The second-order valence-electron chi connectivity index (χ2n) is 12.8. The molecule has 2 aromatic heterocycles. The quantitative estimate of drug-likeness (QED) is 0.181. The first-order chi connectivity index (χ1) is 24.3. The number of fused-ring (bicyclic) bond motifs is 10. The van der Waals surface area contributed by atoms with Gasteiger partial charge in [-0.3, -0.25) is 0 Å². The van der Waals surface area contributed by atoms with Crippen LogP contribution in [0.3, 0.4) is 0 Å². The van der Waals surface area contributed by atoms with Gasteiger partial charge in [0.2, 0.25) is 0 Å². The second kappa shape index (κ2) is 10.1. The lowest BCUT2D eigenvalue weighted by Gasteiger charge is -2.13. The molecule has 1 aliphatic carbocycles. The number of hydrogen-bond donors (Lipinski definition) is 0. The van der Waals surface area contributed by atoms with Gasteiger partial charge in [-0.15, -0.1) is 11.3 Å². The van der Waals surface area contributed by atoms with Gasteiger partial charge in [-0.2, -0.15) is 0 Å². The lowest BCUT2D eigenvalue weighted by atomic mass is 9.95. The summed E-state index contributed by atoms with van der Waals surface area (Å²) in [6, 6.07) is 54.1. The summed E-state index contributed by atoms with van der Waals surface area (Å²) in [5, 5.41) is 9.83. The van der Waals surface area contributed by atoms with E-state index in [0.29, 0.717) is 17.5 Å². The Kier molecular flexibility index (Phi) is 5.54. The van der Waals surface area contributed by atoms with E-state index in [2.05, 4.69) is 133 Å². The maximum absolute atomic E-state index is 5.33. The molecule has 0 atom stereocenters. The third kappa shape index (κ3) is 3.92. The average molecular weight is 640 g/mol. The molecule has 0 amide bonds. The summed E-state index contributed by atoms with van der Waals surface area (Å²) in [5.74, 6) is 2.01. The molecule has 0 fully saturated rings. The lowest BCUT2D eigenvalue weighted by molar-refractivity contribution is 1.08. The number of benzene rings is 8. The molecule has 0 N–H and O–H groups in total. The van der Waals surface area contributed by atoms with Crippen LogP contribution in [-0.4, -0.2) is 15.0 Å². The Labute approximate surface area is 285 Å². The zero-order chi connectivity index (χ0) is 32.1. The van der Waals surface area contributed by atoms with Gasteiger partial charge in [0.1, 0.15) is 0 Å². The van der Waals surface area contributed by atoms with Crippen LogP contribution in [0.2, 0.25) is 0 Å². The van der Waals surface area contributed by atoms with Crippen LogP contribution in [0.5, 0.6) is 0 Å². The van der Waals surface area contributed by atoms with Crippen molar-refractivity contribution in [1.29, 1.82) is 0 Å². The molecule has 11 rings (SSSR count). The van der Waals surface area contributed by atoms with Crippen molar-refractivity contribution < 1.29 is 0 Å². The summed E-state index contributed by atoms with van der Waals surface area (Å²) < 4.78 is 2.53. The van der Waals surface area contributed by atoms with Crippen molar-refractivity contribution in [2.24, 2.45) is 0 Å². The van der Waals surface area contributed by atoms with Crippen LogP contribution < -0.4 is 0 Å². The number of nitrogens with zero attached hydrogens (tertiary/aromatic N) is 3. The molecule has 0 bridgehead atoms. The molecule has 0 aliphatic heterocycles. The van der Waals surface area contributed by atoms with Crippen molar-refractivity contribution in [2.45, 2.75) is 0 Å². The zero-order valence-electron chi connectivity index (χ0n) is 26.2. The van der Waals surface area contributed by atoms with Gasteiger partial charge < -0.3 is 0 Å². The SMILES string of the molecule is c1ccc(-c2nc(-c3ccc4ccc5ccccc5c4c3)nc(-c3cc4c(c5sc6ccccc6c35)-c3cccc5cccc-4c35)n2)cc1. The number of thiophene rings is 1. The largest absolute Gasteiger partial charge is 0.208 e. The third-order valence-electron chi connectivity index (χ3n) is 10.0. The van der Waals surface area contributed by atoms with E-state index in [1.807, 2.05) is 29.5 Å². The Hall–Kier alpha value is -6.23. The average Bonchev–Trinajstić information content (AvgIpc) is 3.72. The smallest absolute Gasteiger partial charge is 0.164 e. The van der Waals surface area contributed by atoms with Crippen molar-refractivity contribution in [2.75, 3.05) is 0 Å². The molecule has 4 heteroatoms. The third-order valence-corrected chi connectivity index (χ3v) is 11.2. The molecule has 226 valence electrons. The van der Waals surface area contributed by atoms with Crippen molar-refractivity contribution in [1.82, 2.24) is 15.0 Å². The minimum absolute atomic E-state index is 0.664. The van der Waals surface area contributed by atoms with Gasteiger partial charge in [0.25, 0.3) is 0 Å². The van der Waals surface area contributed by atoms with Crippen LogP contribution in [0.25, 0.3) is 109 Å². The van der Waals surface area contributed by atoms with E-state index in [1.165, 1.54) is 74.7 Å². The highest BCUT2D eigenvalue weighted by Crippen LogP contribution is 2.55. The van der Waals surface area contributed by atoms with Crippen LogP contribution >= 0.6 is 11.3 Å². The van der Waals surface area contributed by atoms with Crippen LogP contribution in [-0.2, 0) is 0 Å². The van der Waals surface area contributed by atoms with Crippen molar-refractivity contribution in [3.8, 4) is 56.4 Å². The highest BCUT2D eigenvalue weighted by atomic mass is 32.1. The Morgan fingerprint density at radius 2 is 1.02 bits per heavy atom. The van der Waals surface area contributed by atoms with Gasteiger partial charge >= 0.3 is 0 Å². The topological polar surface area (TPSA) is 38.7 Å². The van der Waals surface area contributed by atoms with Gasteiger partial charge in [0, 0.05) is 42.4 Å². The molecule has 1 aliphatic rings. The Bertz CT molecular complexity index is 2990. The van der Waals surface area contributed by atoms with E-state index in [-0.39, 0.29) is 0 Å². The standard InChI is InChI=1S/C45H25N3S/c1-2-11-29(12-3-1)43-46-44(30-23-22-27-21-20-26-10-4-5-15-31(26)35(27)24-30)48-45(47-43)37-25-36-32-17-8-13-28-14-9-18-34(39(28)32)41(36)42-40(37)33-16-6-7-19-38(33)49-42/h1-25H. The summed E-state index contributed by atoms with van der Waals surface area (Å²) in [4.78, 5) is 15.7. The van der Waals surface area contributed by atoms with Crippen molar-refractivity contribution in [3.05, 3.63) is 152 Å². The molecular weight excluding hydrogens is 615 g/mol. The molecule has 3 nitrogen and oxygen atoms in total. The zero-order valence-corrected chi connectivity index (χ0v) is 27.0. The summed E-state index contributed by atoms with van der Waals surface area (Å²) in [6.45, 7) is 0. The van der Waals surface area contributed by atoms with E-state index in [9.17, 15) is 0 Å². The van der Waals surface area contributed by atoms with Crippen molar-refractivity contribution >= 4 is 63.8 Å². The molecular formula is C45H25N3S. The number of rotatable bonds is 3. The van der Waals surface area contributed by atoms with Gasteiger partial charge in [-0.25, -0.2) is 15.0 Å². The Balaban J connectivity index is 1.23. The van der Waals surface area contributed by atoms with E-state index in [4.69, 9.17) is 15.0 Å². The summed E-state index contributed by atoms with van der Waals surface area (Å²) in [7, 11) is 0. The first kappa shape index (κ1) is 26.8. The van der Waals surface area contributed by atoms with Gasteiger partial charge in [-0.1, -0.05) is 133 Å². The van der Waals surface area contributed by atoms with Gasteiger partial charge in [0.05, 0.1) is 0 Å². The predicted octanol–water partition coefficient (Wildman–Crippen LogP) is 12.3. The van der Waals surface area contributed by atoms with E-state index < -0.39 is 0 Å². The molecule has 0 spiro atoms. The molecule has 0 radical (unpaired) electrons. The summed E-state index contributed by atoms with van der Waals surface area (Å²) in [5.41, 5.74) is 8.08. The predicted molar refractivity (Wildman–Crippen MR) is 206 cm³/mol. The molecule has 2 heterocycles. The number of aromatic nitrogens is 3. The molecule has 0 saturated heterocycles. The van der Waals surface area contributed by atoms with E-state index in [0.717, 1.165) is 16.7 Å². The van der Waals surface area contributed by atoms with Crippen LogP contribution in [0.15, 0.2) is 152 Å². The summed E-state index contributed by atoms with van der Waals surface area (Å²) in [6.07, 6.45) is 0. The maximum Gasteiger partial charge on any atom is 0.164 e. The first-order valence-corrected chi connectivity index (χ1v) is 17.3. The van der Waals surface area contributed by atoms with Crippen LogP contribution in [0, 0.1) is 0 Å². The van der Waals surface area contributed by atoms with Crippen LogP contribution in [0.4, 0.5) is 0 Å². The normalized spacial score (nSPS) is 12.1. The fourth-order valence-corrected chi connectivity index (χ4v) is 9.10. The van der Waals surface area contributed by atoms with E-state index in [1.54, 1.807) is 0 Å². The fourth-order valence-electron chi connectivity index (χ4n) is 7.81. The van der Waals surface area contributed by atoms with Gasteiger partial charge in [0.15, 0.2) is 17.5 Å². The monoisotopic (exact) mass is 639 g/mol. The molecule has 10 aromatic rings. The fraction of sp³-hybridized carbons (Fsp3) is 0. The highest BCUT2D eigenvalue weighted by molar-refractivity contribution is 7.26. The molecule has 8 aromatic carbocycles.